The summed E-state index contributed by atoms with van der Waals surface area (Å²) < 4.78 is 5.05. The first-order valence-electron chi connectivity index (χ1n) is 14.7. The quantitative estimate of drug-likeness (QED) is 0.0606. The minimum Gasteiger partial charge on any atom is -0.508 e. The van der Waals surface area contributed by atoms with Gasteiger partial charge in [0.15, 0.2) is 23.0 Å². The van der Waals surface area contributed by atoms with Crippen LogP contribution in [0.1, 0.15) is 33.4 Å². The summed E-state index contributed by atoms with van der Waals surface area (Å²) in [5.74, 6) is -1.59. The van der Waals surface area contributed by atoms with E-state index in [4.69, 9.17) is 14.9 Å². The third kappa shape index (κ3) is 11.7. The summed E-state index contributed by atoms with van der Waals surface area (Å²) in [6, 6.07) is 18.2. The van der Waals surface area contributed by atoms with Gasteiger partial charge in [-0.15, -0.1) is 0 Å². The monoisotopic (exact) mass is 659 g/mol. The SMILES string of the molecule is O=C(/C=C/c1ccc(O)c(CO)c1)NCCc1ccc(O)c(O)c1.O=C(/C=C/c1ccc(O)c(CO)c1)OCCc1ccc(O)c(O)c1. The first-order chi connectivity index (χ1) is 23.0. The number of carbonyl (C=O) groups is 2. The number of nitrogens with one attached hydrogen (secondary N) is 1. The molecule has 0 saturated carbocycles. The van der Waals surface area contributed by atoms with Gasteiger partial charge in [-0.2, -0.15) is 0 Å². The van der Waals surface area contributed by atoms with E-state index in [1.807, 2.05) is 0 Å². The van der Waals surface area contributed by atoms with Crippen LogP contribution in [0.4, 0.5) is 0 Å². The van der Waals surface area contributed by atoms with Crippen molar-refractivity contribution in [2.24, 2.45) is 0 Å². The second kappa shape index (κ2) is 18.2. The third-order valence-corrected chi connectivity index (χ3v) is 6.81. The van der Waals surface area contributed by atoms with Crippen LogP contribution < -0.4 is 5.32 Å². The molecule has 0 aliphatic heterocycles. The van der Waals surface area contributed by atoms with Crippen LogP contribution in [0, 0.1) is 0 Å². The average molecular weight is 660 g/mol. The van der Waals surface area contributed by atoms with Crippen molar-refractivity contribution in [2.75, 3.05) is 13.2 Å². The maximum Gasteiger partial charge on any atom is 0.330 e. The minimum absolute atomic E-state index is 0.00521. The molecule has 9 N–H and O–H groups in total. The lowest BCUT2D eigenvalue weighted by molar-refractivity contribution is -0.137. The maximum atomic E-state index is 11.8. The third-order valence-electron chi connectivity index (χ3n) is 6.81. The highest BCUT2D eigenvalue weighted by Crippen LogP contribution is 2.26. The molecule has 4 aromatic rings. The number of ether oxygens (including phenoxy) is 1. The van der Waals surface area contributed by atoms with Crippen molar-refractivity contribution in [3.63, 3.8) is 0 Å². The summed E-state index contributed by atoms with van der Waals surface area (Å²) in [5.41, 5.74) is 3.63. The lowest BCUT2D eigenvalue weighted by atomic mass is 10.1. The van der Waals surface area contributed by atoms with Gasteiger partial charge >= 0.3 is 5.97 Å². The van der Waals surface area contributed by atoms with Gasteiger partial charge in [0.2, 0.25) is 5.91 Å². The number of rotatable bonds is 12. The Morgan fingerprint density at radius 1 is 0.583 bits per heavy atom. The Hall–Kier alpha value is -5.98. The van der Waals surface area contributed by atoms with Crippen molar-refractivity contribution >= 4 is 24.0 Å². The highest BCUT2D eigenvalue weighted by atomic mass is 16.5. The topological polar surface area (TPSA) is 217 Å². The zero-order valence-electron chi connectivity index (χ0n) is 25.8. The highest BCUT2D eigenvalue weighted by Gasteiger charge is 2.05. The average Bonchev–Trinajstić information content (AvgIpc) is 3.07. The van der Waals surface area contributed by atoms with E-state index in [1.54, 1.807) is 42.5 Å². The number of aliphatic hydroxyl groups is 2. The van der Waals surface area contributed by atoms with E-state index in [0.29, 0.717) is 41.6 Å². The van der Waals surface area contributed by atoms with Crippen LogP contribution in [0.2, 0.25) is 0 Å². The smallest absolute Gasteiger partial charge is 0.330 e. The maximum absolute atomic E-state index is 11.8. The molecule has 12 heteroatoms. The Morgan fingerprint density at radius 2 is 1.06 bits per heavy atom. The first-order valence-corrected chi connectivity index (χ1v) is 14.7. The number of hydrogen-bond acceptors (Lipinski definition) is 11. The molecule has 1 amide bonds. The van der Waals surface area contributed by atoms with E-state index < -0.39 is 5.97 Å². The Kier molecular flexibility index (Phi) is 13.9. The normalized spacial score (nSPS) is 10.9. The number of phenols is 6. The van der Waals surface area contributed by atoms with Crippen LogP contribution in [0.3, 0.4) is 0 Å². The van der Waals surface area contributed by atoms with Crippen molar-refractivity contribution < 1.29 is 55.2 Å². The molecule has 0 unspecified atom stereocenters. The van der Waals surface area contributed by atoms with Crippen LogP contribution in [-0.2, 0) is 40.4 Å². The number of hydrogen-bond donors (Lipinski definition) is 9. The fourth-order valence-corrected chi connectivity index (χ4v) is 4.16. The number of phenolic OH excluding ortho intramolecular Hbond substituents is 4. The number of esters is 1. The summed E-state index contributed by atoms with van der Waals surface area (Å²) in [7, 11) is 0. The Bertz CT molecular complexity index is 1640. The lowest BCUT2D eigenvalue weighted by Crippen LogP contribution is -2.23. The molecule has 0 aliphatic carbocycles. The Labute approximate surface area is 276 Å². The molecular weight excluding hydrogens is 622 g/mol. The molecular formula is C36H37NO11. The molecule has 4 rings (SSSR count). The summed E-state index contributed by atoms with van der Waals surface area (Å²) in [4.78, 5) is 23.4. The van der Waals surface area contributed by atoms with Gasteiger partial charge in [0.1, 0.15) is 11.5 Å². The summed E-state index contributed by atoms with van der Waals surface area (Å²) in [5, 5.41) is 77.0. The minimum atomic E-state index is -0.531. The predicted molar refractivity (Wildman–Crippen MR) is 177 cm³/mol. The second-order valence-electron chi connectivity index (χ2n) is 10.4. The molecule has 0 saturated heterocycles. The molecule has 48 heavy (non-hydrogen) atoms. The lowest BCUT2D eigenvalue weighted by Gasteiger charge is -2.05. The van der Waals surface area contributed by atoms with Crippen molar-refractivity contribution in [1.82, 2.24) is 5.32 Å². The molecule has 0 bridgehead atoms. The van der Waals surface area contributed by atoms with Gasteiger partial charge < -0.3 is 50.9 Å². The molecule has 12 nitrogen and oxygen atoms in total. The van der Waals surface area contributed by atoms with Crippen molar-refractivity contribution in [1.29, 1.82) is 0 Å². The second-order valence-corrected chi connectivity index (χ2v) is 10.4. The molecule has 0 aromatic heterocycles. The Morgan fingerprint density at radius 3 is 1.56 bits per heavy atom. The van der Waals surface area contributed by atoms with Crippen LogP contribution in [0.5, 0.6) is 34.5 Å². The summed E-state index contributed by atoms with van der Waals surface area (Å²) in [6.45, 7) is -0.0632. The number of aliphatic hydroxyl groups excluding tert-OH is 2. The number of aromatic hydroxyl groups is 6. The van der Waals surface area contributed by atoms with Crippen molar-refractivity contribution in [3.8, 4) is 34.5 Å². The highest BCUT2D eigenvalue weighted by molar-refractivity contribution is 5.91. The van der Waals surface area contributed by atoms with E-state index in [0.717, 1.165) is 11.1 Å². The van der Waals surface area contributed by atoms with Crippen molar-refractivity contribution in [2.45, 2.75) is 26.1 Å². The van der Waals surface area contributed by atoms with E-state index >= 15 is 0 Å². The van der Waals surface area contributed by atoms with Crippen LogP contribution in [-0.4, -0.2) is 65.9 Å². The first kappa shape index (κ1) is 36.5. The van der Waals surface area contributed by atoms with Crippen LogP contribution in [0.25, 0.3) is 12.2 Å². The summed E-state index contributed by atoms with van der Waals surface area (Å²) in [6.07, 6.45) is 6.64. The molecule has 0 atom stereocenters. The van der Waals surface area contributed by atoms with E-state index in [-0.39, 0.29) is 60.2 Å². The standard InChI is InChI=1S/C18H19NO5.C18H18O6/c20-11-14-9-12(1-4-15(14)21)3-6-18(24)19-8-7-13-2-5-16(22)17(23)10-13;19-11-14-9-12(1-4-15(14)20)3-6-18(23)24-8-7-13-2-5-16(21)17(22)10-13/h1-6,9-10,20-23H,7-8,11H2,(H,19,24);1-6,9-10,19-22H,7-8,11H2/b2*6-3+. The van der Waals surface area contributed by atoms with E-state index in [2.05, 4.69) is 5.32 Å². The molecule has 0 spiro atoms. The van der Waals surface area contributed by atoms with Gasteiger partial charge in [-0.05, 0) is 89.4 Å². The molecule has 252 valence electrons. The zero-order chi connectivity index (χ0) is 35.1. The number of amides is 1. The van der Waals surface area contributed by atoms with Gasteiger partial charge in [-0.25, -0.2) is 4.79 Å². The van der Waals surface area contributed by atoms with Gasteiger partial charge in [-0.3, -0.25) is 4.79 Å². The molecule has 0 aliphatic rings. The predicted octanol–water partition coefficient (Wildman–Crippen LogP) is 3.76. The van der Waals surface area contributed by atoms with Gasteiger partial charge in [0.25, 0.3) is 0 Å². The molecule has 0 fully saturated rings. The van der Waals surface area contributed by atoms with Crippen molar-refractivity contribution in [3.05, 3.63) is 118 Å². The largest absolute Gasteiger partial charge is 0.508 e. The van der Waals surface area contributed by atoms with Gasteiger partial charge in [-0.1, -0.05) is 24.3 Å². The fraction of sp³-hybridized carbons (Fsp3) is 0.167. The fourth-order valence-electron chi connectivity index (χ4n) is 4.16. The van der Waals surface area contributed by atoms with Crippen LogP contribution in [0.15, 0.2) is 84.9 Å². The van der Waals surface area contributed by atoms with E-state index in [9.17, 15) is 40.2 Å². The van der Waals surface area contributed by atoms with Gasteiger partial charge in [0.05, 0.1) is 19.8 Å². The van der Waals surface area contributed by atoms with Gasteiger partial charge in [0, 0.05) is 36.2 Å². The van der Waals surface area contributed by atoms with E-state index in [1.165, 1.54) is 54.6 Å². The molecule has 0 radical (unpaired) electrons. The molecule has 4 aromatic carbocycles. The molecule has 0 heterocycles. The van der Waals surface area contributed by atoms with Crippen LogP contribution >= 0.6 is 0 Å². The zero-order valence-corrected chi connectivity index (χ0v) is 25.8. The number of benzene rings is 4. The number of carbonyl (C=O) groups excluding carboxylic acids is 2. The summed E-state index contributed by atoms with van der Waals surface area (Å²) >= 11 is 0. The Balaban J connectivity index is 0.000000260.